The van der Waals surface area contributed by atoms with Crippen LogP contribution in [0.2, 0.25) is 5.02 Å². The molecule has 0 atom stereocenters. The van der Waals surface area contributed by atoms with Crippen LogP contribution >= 0.6 is 11.6 Å². The first-order valence-corrected chi connectivity index (χ1v) is 7.41. The molecule has 0 aliphatic heterocycles. The molecule has 0 saturated heterocycles. The Kier molecular flexibility index (Phi) is 3.90. The van der Waals surface area contributed by atoms with Crippen molar-refractivity contribution in [3.05, 3.63) is 75.1 Å². The molecule has 0 aliphatic rings. The van der Waals surface area contributed by atoms with Crippen molar-refractivity contribution in [1.82, 2.24) is 0 Å². The van der Waals surface area contributed by atoms with E-state index in [0.717, 1.165) is 22.2 Å². The molecule has 0 spiro atoms. The molecule has 112 valence electrons. The van der Waals surface area contributed by atoms with E-state index >= 15 is 0 Å². The third-order valence-electron chi connectivity index (χ3n) is 3.71. The standard InChI is InChI=1S/C18H16ClNO2/c1-12-8-17-15(10-16(12)19)13(9-18(21)22-17)11-20(2)14-6-4-3-5-7-14/h3-10H,11H2,1-2H3. The van der Waals surface area contributed by atoms with Gasteiger partial charge in [0.1, 0.15) is 5.58 Å². The molecular formula is C18H16ClNO2. The van der Waals surface area contributed by atoms with Gasteiger partial charge in [-0.05, 0) is 42.3 Å². The molecule has 1 aromatic heterocycles. The van der Waals surface area contributed by atoms with Gasteiger partial charge in [-0.25, -0.2) is 4.79 Å². The van der Waals surface area contributed by atoms with Gasteiger partial charge in [0.05, 0.1) is 0 Å². The van der Waals surface area contributed by atoms with Gasteiger partial charge < -0.3 is 9.32 Å². The minimum Gasteiger partial charge on any atom is -0.423 e. The van der Waals surface area contributed by atoms with Crippen molar-refractivity contribution in [2.45, 2.75) is 13.5 Å². The normalized spacial score (nSPS) is 10.9. The van der Waals surface area contributed by atoms with Crippen molar-refractivity contribution in [3.63, 3.8) is 0 Å². The summed E-state index contributed by atoms with van der Waals surface area (Å²) in [5, 5.41) is 1.54. The van der Waals surface area contributed by atoms with E-state index in [4.69, 9.17) is 16.0 Å². The van der Waals surface area contributed by atoms with Gasteiger partial charge >= 0.3 is 5.63 Å². The highest BCUT2D eigenvalue weighted by atomic mass is 35.5. The molecule has 3 nitrogen and oxygen atoms in total. The number of rotatable bonds is 3. The average Bonchev–Trinajstić information content (AvgIpc) is 2.50. The number of aryl methyl sites for hydroxylation is 1. The van der Waals surface area contributed by atoms with Gasteiger partial charge in [-0.1, -0.05) is 29.8 Å². The lowest BCUT2D eigenvalue weighted by atomic mass is 10.1. The van der Waals surface area contributed by atoms with E-state index in [-0.39, 0.29) is 5.63 Å². The molecule has 0 amide bonds. The smallest absolute Gasteiger partial charge is 0.336 e. The SMILES string of the molecule is Cc1cc2oc(=O)cc(CN(C)c3ccccc3)c2cc1Cl. The molecule has 3 aromatic rings. The third-order valence-corrected chi connectivity index (χ3v) is 4.12. The molecule has 0 radical (unpaired) electrons. The van der Waals surface area contributed by atoms with Crippen LogP contribution in [0, 0.1) is 6.92 Å². The average molecular weight is 314 g/mol. The van der Waals surface area contributed by atoms with E-state index in [1.165, 1.54) is 6.07 Å². The number of para-hydroxylation sites is 1. The second-order valence-electron chi connectivity index (χ2n) is 5.38. The molecular weight excluding hydrogens is 298 g/mol. The number of hydrogen-bond donors (Lipinski definition) is 0. The summed E-state index contributed by atoms with van der Waals surface area (Å²) in [4.78, 5) is 13.9. The molecule has 2 aromatic carbocycles. The maximum atomic E-state index is 11.8. The quantitative estimate of drug-likeness (QED) is 0.672. The number of hydrogen-bond acceptors (Lipinski definition) is 3. The maximum absolute atomic E-state index is 11.8. The van der Waals surface area contributed by atoms with Crippen molar-refractivity contribution in [2.75, 3.05) is 11.9 Å². The van der Waals surface area contributed by atoms with Crippen LogP contribution in [0.15, 0.2) is 57.7 Å². The molecule has 4 heteroatoms. The summed E-state index contributed by atoms with van der Waals surface area (Å²) in [5.74, 6) is 0. The van der Waals surface area contributed by atoms with Crippen LogP contribution in [0.1, 0.15) is 11.1 Å². The highest BCUT2D eigenvalue weighted by molar-refractivity contribution is 6.32. The predicted octanol–water partition coefficient (Wildman–Crippen LogP) is 4.39. The number of nitrogens with zero attached hydrogens (tertiary/aromatic N) is 1. The topological polar surface area (TPSA) is 33.5 Å². The summed E-state index contributed by atoms with van der Waals surface area (Å²) in [6.45, 7) is 2.50. The molecule has 1 heterocycles. The summed E-state index contributed by atoms with van der Waals surface area (Å²) < 4.78 is 5.29. The largest absolute Gasteiger partial charge is 0.423 e. The zero-order valence-electron chi connectivity index (χ0n) is 12.5. The van der Waals surface area contributed by atoms with Gasteiger partial charge in [0.2, 0.25) is 0 Å². The Morgan fingerprint density at radius 3 is 2.59 bits per heavy atom. The fraction of sp³-hybridized carbons (Fsp3) is 0.167. The van der Waals surface area contributed by atoms with Gasteiger partial charge in [0, 0.05) is 35.8 Å². The van der Waals surface area contributed by atoms with Gasteiger partial charge in [-0.15, -0.1) is 0 Å². The molecule has 0 fully saturated rings. The Balaban J connectivity index is 2.07. The van der Waals surface area contributed by atoms with Crippen molar-refractivity contribution in [3.8, 4) is 0 Å². The highest BCUT2D eigenvalue weighted by Gasteiger charge is 2.10. The summed E-state index contributed by atoms with van der Waals surface area (Å²) >= 11 is 6.22. The lowest BCUT2D eigenvalue weighted by Gasteiger charge is -2.20. The van der Waals surface area contributed by atoms with Crippen LogP contribution in [0.25, 0.3) is 11.0 Å². The van der Waals surface area contributed by atoms with Crippen molar-refractivity contribution in [1.29, 1.82) is 0 Å². The Bertz CT molecular complexity index is 871. The molecule has 3 rings (SSSR count). The van der Waals surface area contributed by atoms with Crippen molar-refractivity contribution < 1.29 is 4.42 Å². The molecule has 0 bridgehead atoms. The summed E-state index contributed by atoms with van der Waals surface area (Å²) in [6, 6.07) is 15.2. The summed E-state index contributed by atoms with van der Waals surface area (Å²) in [7, 11) is 1.99. The van der Waals surface area contributed by atoms with Gasteiger partial charge in [0.15, 0.2) is 0 Å². The van der Waals surface area contributed by atoms with Crippen LogP contribution in [-0.4, -0.2) is 7.05 Å². The van der Waals surface area contributed by atoms with Crippen molar-refractivity contribution in [2.24, 2.45) is 0 Å². The Labute approximate surface area is 133 Å². The van der Waals surface area contributed by atoms with Gasteiger partial charge in [-0.2, -0.15) is 0 Å². The van der Waals surface area contributed by atoms with E-state index in [2.05, 4.69) is 4.90 Å². The fourth-order valence-corrected chi connectivity index (χ4v) is 2.67. The minimum atomic E-state index is -0.342. The zero-order valence-corrected chi connectivity index (χ0v) is 13.2. The van der Waals surface area contributed by atoms with Crippen LogP contribution in [0.3, 0.4) is 0 Å². The number of fused-ring (bicyclic) bond motifs is 1. The van der Waals surface area contributed by atoms with E-state index in [1.54, 1.807) is 0 Å². The number of anilines is 1. The number of benzene rings is 2. The second kappa shape index (κ2) is 5.85. The fourth-order valence-electron chi connectivity index (χ4n) is 2.51. The summed E-state index contributed by atoms with van der Waals surface area (Å²) in [6.07, 6.45) is 0. The number of halogens is 1. The lowest BCUT2D eigenvalue weighted by Crippen LogP contribution is -2.17. The highest BCUT2D eigenvalue weighted by Crippen LogP contribution is 2.26. The first-order valence-electron chi connectivity index (χ1n) is 7.03. The van der Waals surface area contributed by atoms with E-state index in [9.17, 15) is 4.79 Å². The van der Waals surface area contributed by atoms with Crippen LogP contribution in [0.4, 0.5) is 5.69 Å². The Morgan fingerprint density at radius 1 is 1.14 bits per heavy atom. The van der Waals surface area contributed by atoms with E-state index in [0.29, 0.717) is 17.2 Å². The Hall–Kier alpha value is -2.26. The first kappa shape index (κ1) is 14.7. The molecule has 0 N–H and O–H groups in total. The molecule has 0 saturated carbocycles. The molecule has 22 heavy (non-hydrogen) atoms. The van der Waals surface area contributed by atoms with E-state index < -0.39 is 0 Å². The maximum Gasteiger partial charge on any atom is 0.336 e. The molecule has 0 unspecified atom stereocenters. The third kappa shape index (κ3) is 2.85. The minimum absolute atomic E-state index is 0.342. The van der Waals surface area contributed by atoms with Crippen LogP contribution in [0.5, 0.6) is 0 Å². The van der Waals surface area contributed by atoms with E-state index in [1.807, 2.05) is 56.4 Å². The molecule has 0 aliphatic carbocycles. The zero-order chi connectivity index (χ0) is 15.7. The van der Waals surface area contributed by atoms with Crippen molar-refractivity contribution >= 4 is 28.3 Å². The van der Waals surface area contributed by atoms with Gasteiger partial charge in [-0.3, -0.25) is 0 Å². The van der Waals surface area contributed by atoms with Gasteiger partial charge in [0.25, 0.3) is 0 Å². The monoisotopic (exact) mass is 313 g/mol. The summed E-state index contributed by atoms with van der Waals surface area (Å²) in [5.41, 5.74) is 3.11. The first-order chi connectivity index (χ1) is 10.5. The van der Waals surface area contributed by atoms with Crippen LogP contribution in [-0.2, 0) is 6.54 Å². The predicted molar refractivity (Wildman–Crippen MR) is 90.8 cm³/mol. The Morgan fingerprint density at radius 2 is 1.86 bits per heavy atom. The lowest BCUT2D eigenvalue weighted by molar-refractivity contribution is 0.558. The second-order valence-corrected chi connectivity index (χ2v) is 5.79. The van der Waals surface area contributed by atoms with Crippen LogP contribution < -0.4 is 10.5 Å².